The Kier molecular flexibility index (Phi) is 5.50. The molecule has 1 fully saturated rings. The van der Waals surface area contributed by atoms with Crippen molar-refractivity contribution in [3.8, 4) is 5.75 Å². The number of benzene rings is 1. The number of methoxy groups -OCH3 is 1. The van der Waals surface area contributed by atoms with Gasteiger partial charge in [-0.2, -0.15) is 5.10 Å². The molecule has 1 N–H and O–H groups in total. The summed E-state index contributed by atoms with van der Waals surface area (Å²) in [5.74, 6) is 0.713. The van der Waals surface area contributed by atoms with Gasteiger partial charge in [0.15, 0.2) is 5.75 Å². The fraction of sp³-hybridized carbons (Fsp3) is 0.500. The smallest absolute Gasteiger partial charge is 0.157 e. The van der Waals surface area contributed by atoms with Gasteiger partial charge in [-0.25, -0.2) is 0 Å². The van der Waals surface area contributed by atoms with Gasteiger partial charge >= 0.3 is 0 Å². The molecular formula is C18H25N3O3. The first-order valence-electron chi connectivity index (χ1n) is 8.34. The SMILES string of the molecule is CCn1cc(O[C@@H]2CN(Cc3cccc(COC)c3)C[C@H]2O)cn1. The lowest BCUT2D eigenvalue weighted by atomic mass is 10.1. The van der Waals surface area contributed by atoms with Crippen LogP contribution in [-0.2, 0) is 24.4 Å². The quantitative estimate of drug-likeness (QED) is 0.836. The number of ether oxygens (including phenoxy) is 2. The molecule has 1 aromatic heterocycles. The van der Waals surface area contributed by atoms with Gasteiger partial charge in [0.2, 0.25) is 0 Å². The predicted molar refractivity (Wildman–Crippen MR) is 90.8 cm³/mol. The Balaban J connectivity index is 1.58. The van der Waals surface area contributed by atoms with Gasteiger partial charge in [-0.05, 0) is 18.1 Å². The summed E-state index contributed by atoms with van der Waals surface area (Å²) < 4.78 is 12.9. The van der Waals surface area contributed by atoms with Crippen LogP contribution in [0.2, 0.25) is 0 Å². The van der Waals surface area contributed by atoms with Crippen molar-refractivity contribution in [1.29, 1.82) is 0 Å². The fourth-order valence-corrected chi connectivity index (χ4v) is 3.07. The number of β-amino-alcohol motifs (C(OH)–C–C–N with tert-alkyl or cyclic N) is 1. The normalized spacial score (nSPS) is 21.3. The van der Waals surface area contributed by atoms with E-state index in [2.05, 4.69) is 28.2 Å². The third-order valence-electron chi connectivity index (χ3n) is 4.24. The minimum Gasteiger partial charge on any atom is -0.483 e. The Morgan fingerprint density at radius 1 is 1.29 bits per heavy atom. The Labute approximate surface area is 142 Å². The van der Waals surface area contributed by atoms with Crippen molar-refractivity contribution >= 4 is 0 Å². The molecule has 2 aromatic rings. The molecular weight excluding hydrogens is 306 g/mol. The molecule has 6 nitrogen and oxygen atoms in total. The maximum absolute atomic E-state index is 10.3. The third-order valence-corrected chi connectivity index (χ3v) is 4.24. The summed E-state index contributed by atoms with van der Waals surface area (Å²) in [4.78, 5) is 2.21. The molecule has 2 heterocycles. The van der Waals surface area contributed by atoms with E-state index >= 15 is 0 Å². The molecule has 24 heavy (non-hydrogen) atoms. The van der Waals surface area contributed by atoms with E-state index in [0.29, 0.717) is 25.4 Å². The largest absolute Gasteiger partial charge is 0.483 e. The molecule has 0 spiro atoms. The van der Waals surface area contributed by atoms with E-state index in [-0.39, 0.29) is 6.10 Å². The van der Waals surface area contributed by atoms with Crippen LogP contribution in [0.3, 0.4) is 0 Å². The van der Waals surface area contributed by atoms with Gasteiger partial charge in [0.1, 0.15) is 12.2 Å². The molecule has 0 amide bonds. The number of aromatic nitrogens is 2. The topological polar surface area (TPSA) is 59.8 Å². The van der Waals surface area contributed by atoms with E-state index in [1.807, 2.05) is 23.9 Å². The summed E-state index contributed by atoms with van der Waals surface area (Å²) >= 11 is 0. The van der Waals surface area contributed by atoms with Gasteiger partial charge in [0.05, 0.1) is 19.0 Å². The Bertz CT molecular complexity index is 658. The zero-order chi connectivity index (χ0) is 16.9. The zero-order valence-corrected chi connectivity index (χ0v) is 14.3. The van der Waals surface area contributed by atoms with E-state index < -0.39 is 6.10 Å². The number of likely N-dealkylation sites (tertiary alicyclic amines) is 1. The lowest BCUT2D eigenvalue weighted by Crippen LogP contribution is -2.29. The number of aliphatic hydroxyl groups excluding tert-OH is 1. The molecule has 1 aliphatic heterocycles. The number of hydrogen-bond donors (Lipinski definition) is 1. The van der Waals surface area contributed by atoms with Gasteiger partial charge in [0, 0.05) is 33.3 Å². The van der Waals surface area contributed by atoms with Gasteiger partial charge in [0.25, 0.3) is 0 Å². The molecule has 0 saturated carbocycles. The van der Waals surface area contributed by atoms with Gasteiger partial charge in [-0.1, -0.05) is 24.3 Å². The molecule has 6 heteroatoms. The molecule has 0 aliphatic carbocycles. The number of nitrogens with zero attached hydrogens (tertiary/aromatic N) is 3. The molecule has 3 rings (SSSR count). The summed E-state index contributed by atoms with van der Waals surface area (Å²) in [6, 6.07) is 8.35. The second-order valence-electron chi connectivity index (χ2n) is 6.20. The lowest BCUT2D eigenvalue weighted by molar-refractivity contribution is 0.0736. The Morgan fingerprint density at radius 2 is 2.12 bits per heavy atom. The summed E-state index contributed by atoms with van der Waals surface area (Å²) in [5.41, 5.74) is 2.38. The van der Waals surface area contributed by atoms with Crippen LogP contribution in [0.25, 0.3) is 0 Å². The van der Waals surface area contributed by atoms with Crippen molar-refractivity contribution in [3.05, 3.63) is 47.8 Å². The monoisotopic (exact) mass is 331 g/mol. The highest BCUT2D eigenvalue weighted by Crippen LogP contribution is 2.20. The van der Waals surface area contributed by atoms with Crippen LogP contribution < -0.4 is 4.74 Å². The summed E-state index contributed by atoms with van der Waals surface area (Å²) in [6.45, 7) is 5.56. The summed E-state index contributed by atoms with van der Waals surface area (Å²) in [6.07, 6.45) is 2.86. The second-order valence-corrected chi connectivity index (χ2v) is 6.20. The number of hydrogen-bond acceptors (Lipinski definition) is 5. The third kappa shape index (κ3) is 4.14. The lowest BCUT2D eigenvalue weighted by Gasteiger charge is -2.16. The minimum atomic E-state index is -0.489. The van der Waals surface area contributed by atoms with E-state index in [0.717, 1.165) is 18.7 Å². The molecule has 130 valence electrons. The first-order valence-corrected chi connectivity index (χ1v) is 8.34. The highest BCUT2D eigenvalue weighted by Gasteiger charge is 2.33. The van der Waals surface area contributed by atoms with E-state index in [4.69, 9.17) is 9.47 Å². The molecule has 1 aliphatic rings. The van der Waals surface area contributed by atoms with Gasteiger partial charge < -0.3 is 14.6 Å². The first-order chi connectivity index (χ1) is 11.7. The number of rotatable bonds is 7. The maximum Gasteiger partial charge on any atom is 0.157 e. The van der Waals surface area contributed by atoms with Gasteiger partial charge in [-0.15, -0.1) is 0 Å². The van der Waals surface area contributed by atoms with Crippen molar-refractivity contribution < 1.29 is 14.6 Å². The highest BCUT2D eigenvalue weighted by atomic mass is 16.5. The fourth-order valence-electron chi connectivity index (χ4n) is 3.07. The minimum absolute atomic E-state index is 0.221. The van der Waals surface area contributed by atoms with E-state index in [9.17, 15) is 5.11 Å². The molecule has 0 unspecified atom stereocenters. The predicted octanol–water partition coefficient (Wildman–Crippen LogP) is 1.67. The Hall–Kier alpha value is -1.89. The van der Waals surface area contributed by atoms with Gasteiger partial charge in [-0.3, -0.25) is 9.58 Å². The zero-order valence-electron chi connectivity index (χ0n) is 14.3. The average Bonchev–Trinajstić information content (AvgIpc) is 3.15. The van der Waals surface area contributed by atoms with Crippen molar-refractivity contribution in [3.63, 3.8) is 0 Å². The molecule has 1 aromatic carbocycles. The van der Waals surface area contributed by atoms with Crippen molar-refractivity contribution in [2.24, 2.45) is 0 Å². The average molecular weight is 331 g/mol. The van der Waals surface area contributed by atoms with Crippen molar-refractivity contribution in [1.82, 2.24) is 14.7 Å². The molecule has 2 atom stereocenters. The van der Waals surface area contributed by atoms with Crippen LogP contribution in [0.5, 0.6) is 5.75 Å². The maximum atomic E-state index is 10.3. The Morgan fingerprint density at radius 3 is 2.88 bits per heavy atom. The molecule has 1 saturated heterocycles. The second kappa shape index (κ2) is 7.79. The molecule has 0 bridgehead atoms. The van der Waals surface area contributed by atoms with Crippen LogP contribution >= 0.6 is 0 Å². The highest BCUT2D eigenvalue weighted by molar-refractivity contribution is 5.23. The van der Waals surface area contributed by atoms with Crippen molar-refractivity contribution in [2.75, 3.05) is 20.2 Å². The van der Waals surface area contributed by atoms with Crippen LogP contribution in [0.1, 0.15) is 18.1 Å². The standard InChI is InChI=1S/C18H25N3O3/c1-3-21-10-16(8-19-21)24-18-12-20(11-17(18)22)9-14-5-4-6-15(7-14)13-23-2/h4-8,10,17-18,22H,3,9,11-13H2,1-2H3/t17-,18-/m1/s1. The van der Waals surface area contributed by atoms with Crippen LogP contribution in [0.4, 0.5) is 0 Å². The number of aryl methyl sites for hydroxylation is 1. The van der Waals surface area contributed by atoms with E-state index in [1.165, 1.54) is 5.56 Å². The van der Waals surface area contributed by atoms with Crippen LogP contribution in [-0.4, -0.2) is 52.2 Å². The molecule has 0 radical (unpaired) electrons. The van der Waals surface area contributed by atoms with Crippen molar-refractivity contribution in [2.45, 2.75) is 38.8 Å². The van der Waals surface area contributed by atoms with Crippen LogP contribution in [0, 0.1) is 0 Å². The number of aliphatic hydroxyl groups is 1. The summed E-state index contributed by atoms with van der Waals surface area (Å²) in [7, 11) is 1.70. The van der Waals surface area contributed by atoms with E-state index in [1.54, 1.807) is 13.3 Å². The first kappa shape index (κ1) is 17.0. The summed E-state index contributed by atoms with van der Waals surface area (Å²) in [5, 5.41) is 14.5. The van der Waals surface area contributed by atoms with Crippen LogP contribution in [0.15, 0.2) is 36.7 Å².